The van der Waals surface area contributed by atoms with Crippen molar-refractivity contribution in [2.24, 2.45) is 0 Å². The molecule has 3 aromatic carbocycles. The summed E-state index contributed by atoms with van der Waals surface area (Å²) in [6.07, 6.45) is 4.04. The molecule has 1 amide bonds. The van der Waals surface area contributed by atoms with Crippen molar-refractivity contribution in [1.82, 2.24) is 9.88 Å². The third kappa shape index (κ3) is 6.05. The van der Waals surface area contributed by atoms with Crippen LogP contribution in [-0.2, 0) is 11.2 Å². The molecule has 0 bridgehead atoms. The van der Waals surface area contributed by atoms with Gasteiger partial charge in [-0.15, -0.1) is 0 Å². The monoisotopic (exact) mass is 562 g/mol. The van der Waals surface area contributed by atoms with Gasteiger partial charge in [0.05, 0.1) is 27.0 Å². The predicted octanol–water partition coefficient (Wildman–Crippen LogP) is 5.54. The van der Waals surface area contributed by atoms with Gasteiger partial charge < -0.3 is 24.8 Å². The van der Waals surface area contributed by atoms with Crippen molar-refractivity contribution < 1.29 is 14.7 Å². The van der Waals surface area contributed by atoms with Crippen LogP contribution in [0.5, 0.6) is 0 Å². The molecule has 2 N–H and O–H groups in total. The summed E-state index contributed by atoms with van der Waals surface area (Å²) in [4.78, 5) is 29.7. The van der Waals surface area contributed by atoms with Crippen molar-refractivity contribution in [2.45, 2.75) is 12.5 Å². The van der Waals surface area contributed by atoms with Crippen LogP contribution in [0.4, 0.5) is 11.4 Å². The predicted molar refractivity (Wildman–Crippen MR) is 156 cm³/mol. The van der Waals surface area contributed by atoms with Crippen LogP contribution in [-0.4, -0.2) is 53.8 Å². The molecule has 0 spiro atoms. The first kappa shape index (κ1) is 26.7. The van der Waals surface area contributed by atoms with Gasteiger partial charge in [-0.3, -0.25) is 4.79 Å². The molecule has 0 unspecified atom stereocenters. The van der Waals surface area contributed by atoms with E-state index in [9.17, 15) is 14.7 Å². The van der Waals surface area contributed by atoms with Crippen LogP contribution in [0.1, 0.15) is 15.9 Å². The Kier molecular flexibility index (Phi) is 8.10. The number of anilines is 2. The summed E-state index contributed by atoms with van der Waals surface area (Å²) in [6, 6.07) is 23.8. The molecular weight excluding hydrogens is 535 g/mol. The number of aliphatic carboxylic acids is 1. The van der Waals surface area contributed by atoms with E-state index in [0.29, 0.717) is 0 Å². The number of carbonyl (C=O) groups is 2. The highest BCUT2D eigenvalue weighted by Gasteiger charge is 2.25. The molecule has 9 heteroatoms. The van der Waals surface area contributed by atoms with Crippen LogP contribution >= 0.6 is 23.2 Å². The molecule has 1 aromatic heterocycles. The molecule has 39 heavy (non-hydrogen) atoms. The summed E-state index contributed by atoms with van der Waals surface area (Å²) in [5.41, 5.74) is 4.09. The van der Waals surface area contributed by atoms with Crippen LogP contribution in [0.3, 0.4) is 0 Å². The number of piperazine rings is 1. The van der Waals surface area contributed by atoms with Crippen molar-refractivity contribution in [3.05, 3.63) is 112 Å². The average Bonchev–Trinajstić information content (AvgIpc) is 3.48. The Bertz CT molecular complexity index is 1430. The van der Waals surface area contributed by atoms with Gasteiger partial charge in [-0.1, -0.05) is 53.5 Å². The molecule has 2 heterocycles. The third-order valence-corrected chi connectivity index (χ3v) is 7.53. The minimum atomic E-state index is -1.16. The minimum Gasteiger partial charge on any atom is -0.480 e. The van der Waals surface area contributed by atoms with E-state index in [0.717, 1.165) is 43.1 Å². The van der Waals surface area contributed by atoms with E-state index < -0.39 is 17.9 Å². The van der Waals surface area contributed by atoms with Gasteiger partial charge in [0, 0.05) is 50.7 Å². The van der Waals surface area contributed by atoms with E-state index in [2.05, 4.69) is 39.4 Å². The van der Waals surface area contributed by atoms with Gasteiger partial charge in [-0.25, -0.2) is 4.79 Å². The molecule has 4 aromatic rings. The topological polar surface area (TPSA) is 77.8 Å². The normalized spacial score (nSPS) is 14.2. The van der Waals surface area contributed by atoms with Crippen LogP contribution in [0.25, 0.3) is 5.69 Å². The van der Waals surface area contributed by atoms with E-state index in [1.807, 2.05) is 53.4 Å². The second kappa shape index (κ2) is 11.8. The molecule has 1 saturated heterocycles. The highest BCUT2D eigenvalue weighted by molar-refractivity contribution is 6.39. The number of benzene rings is 3. The quantitative estimate of drug-likeness (QED) is 0.295. The summed E-state index contributed by atoms with van der Waals surface area (Å²) in [6.45, 7) is 3.51. The molecule has 7 nitrogen and oxygen atoms in total. The molecule has 1 fully saturated rings. The molecule has 1 aliphatic heterocycles. The molecule has 5 rings (SSSR count). The SMILES string of the molecule is O=C(N[C@@H](Cc1ccc(N2CCN(c3ccccc3)CC2)c(-n2cccc2)c1)C(=O)O)c1c(Cl)cccc1Cl. The summed E-state index contributed by atoms with van der Waals surface area (Å²) < 4.78 is 2.03. The molecule has 200 valence electrons. The van der Waals surface area contributed by atoms with Gasteiger partial charge in [0.15, 0.2) is 0 Å². The Morgan fingerprint density at radius 1 is 0.795 bits per heavy atom. The van der Waals surface area contributed by atoms with Gasteiger partial charge in [0.25, 0.3) is 5.91 Å². The second-order valence-electron chi connectivity index (χ2n) is 9.39. The lowest BCUT2D eigenvalue weighted by molar-refractivity contribution is -0.139. The average molecular weight is 563 g/mol. The Labute approximate surface area is 237 Å². The number of hydrogen-bond donors (Lipinski definition) is 2. The fraction of sp³-hybridized carbons (Fsp3) is 0.200. The number of amides is 1. The molecule has 1 aliphatic rings. The smallest absolute Gasteiger partial charge is 0.326 e. The highest BCUT2D eigenvalue weighted by Crippen LogP contribution is 2.29. The Morgan fingerprint density at radius 3 is 2.08 bits per heavy atom. The number of rotatable bonds is 8. The number of para-hydroxylation sites is 1. The van der Waals surface area contributed by atoms with Crippen molar-refractivity contribution in [1.29, 1.82) is 0 Å². The van der Waals surface area contributed by atoms with Gasteiger partial charge >= 0.3 is 5.97 Å². The van der Waals surface area contributed by atoms with Crippen molar-refractivity contribution >= 4 is 46.5 Å². The fourth-order valence-electron chi connectivity index (χ4n) is 4.89. The number of carboxylic acids is 1. The molecule has 1 atom stereocenters. The third-order valence-electron chi connectivity index (χ3n) is 6.90. The van der Waals surface area contributed by atoms with Crippen LogP contribution in [0, 0.1) is 0 Å². The van der Waals surface area contributed by atoms with Crippen molar-refractivity contribution in [3.8, 4) is 5.69 Å². The Morgan fingerprint density at radius 2 is 1.44 bits per heavy atom. The molecular formula is C30H28Cl2N4O3. The summed E-state index contributed by atoms with van der Waals surface area (Å²) in [5.74, 6) is -1.77. The number of carbonyl (C=O) groups excluding carboxylic acids is 1. The molecule has 0 radical (unpaired) electrons. The summed E-state index contributed by atoms with van der Waals surface area (Å²) in [5, 5.41) is 12.8. The van der Waals surface area contributed by atoms with Gasteiger partial charge in [-0.2, -0.15) is 0 Å². The maximum absolute atomic E-state index is 12.9. The van der Waals surface area contributed by atoms with E-state index >= 15 is 0 Å². The fourth-order valence-corrected chi connectivity index (χ4v) is 5.46. The minimum absolute atomic E-state index is 0.0603. The van der Waals surface area contributed by atoms with Crippen LogP contribution in [0.2, 0.25) is 10.0 Å². The number of halogens is 2. The largest absolute Gasteiger partial charge is 0.480 e. The lowest BCUT2D eigenvalue weighted by atomic mass is 10.0. The Hall–Kier alpha value is -3.94. The lowest BCUT2D eigenvalue weighted by Crippen LogP contribution is -2.46. The maximum Gasteiger partial charge on any atom is 0.326 e. The van der Waals surface area contributed by atoms with Gasteiger partial charge in [0.1, 0.15) is 6.04 Å². The first-order chi connectivity index (χ1) is 18.9. The summed E-state index contributed by atoms with van der Waals surface area (Å²) >= 11 is 12.3. The zero-order valence-electron chi connectivity index (χ0n) is 21.1. The number of nitrogens with zero attached hydrogens (tertiary/aromatic N) is 3. The number of nitrogens with one attached hydrogen (secondary N) is 1. The van der Waals surface area contributed by atoms with E-state index in [4.69, 9.17) is 23.2 Å². The second-order valence-corrected chi connectivity index (χ2v) is 10.2. The number of carboxylic acid groups (broad SMARTS) is 1. The zero-order chi connectivity index (χ0) is 27.4. The van der Waals surface area contributed by atoms with Crippen LogP contribution in [0.15, 0.2) is 91.3 Å². The molecule has 0 saturated carbocycles. The first-order valence-electron chi connectivity index (χ1n) is 12.7. The Balaban J connectivity index is 1.36. The molecule has 0 aliphatic carbocycles. The van der Waals surface area contributed by atoms with Crippen molar-refractivity contribution in [2.75, 3.05) is 36.0 Å². The zero-order valence-corrected chi connectivity index (χ0v) is 22.6. The van der Waals surface area contributed by atoms with E-state index in [-0.39, 0.29) is 22.0 Å². The van der Waals surface area contributed by atoms with Gasteiger partial charge in [-0.05, 0) is 54.1 Å². The lowest BCUT2D eigenvalue weighted by Gasteiger charge is -2.38. The van der Waals surface area contributed by atoms with Gasteiger partial charge in [0.2, 0.25) is 0 Å². The first-order valence-corrected chi connectivity index (χ1v) is 13.4. The number of aromatic nitrogens is 1. The van der Waals surface area contributed by atoms with E-state index in [1.165, 1.54) is 5.69 Å². The number of hydrogen-bond acceptors (Lipinski definition) is 4. The highest BCUT2D eigenvalue weighted by atomic mass is 35.5. The van der Waals surface area contributed by atoms with Crippen LogP contribution < -0.4 is 15.1 Å². The standard InChI is InChI=1S/C30H28Cl2N4O3/c31-23-9-6-10-24(32)28(23)29(37)33-25(30(38)39)19-21-11-12-26(27(20-21)35-13-4-5-14-35)36-17-15-34(16-18-36)22-7-2-1-3-8-22/h1-14,20,25H,15-19H2,(H,33,37)(H,38,39)/t25-/m0/s1. The van der Waals surface area contributed by atoms with E-state index in [1.54, 1.807) is 18.2 Å². The van der Waals surface area contributed by atoms with Crippen molar-refractivity contribution in [3.63, 3.8) is 0 Å². The maximum atomic E-state index is 12.9. The summed E-state index contributed by atoms with van der Waals surface area (Å²) in [7, 11) is 0.